The molecule has 2 aromatic carbocycles. The second-order valence-electron chi connectivity index (χ2n) is 6.04. The van der Waals surface area contributed by atoms with Crippen molar-refractivity contribution in [2.45, 2.75) is 6.42 Å². The molecule has 1 amide bonds. The molecule has 4 aromatic rings. The van der Waals surface area contributed by atoms with Gasteiger partial charge in [-0.25, -0.2) is 4.98 Å². The van der Waals surface area contributed by atoms with E-state index in [0.717, 1.165) is 35.4 Å². The van der Waals surface area contributed by atoms with Crippen molar-refractivity contribution in [1.82, 2.24) is 9.55 Å². The molecule has 0 aliphatic carbocycles. The minimum Gasteiger partial charge on any atom is -0.385 e. The van der Waals surface area contributed by atoms with Gasteiger partial charge in [-0.05, 0) is 65.2 Å². The van der Waals surface area contributed by atoms with E-state index in [1.54, 1.807) is 29.8 Å². The van der Waals surface area contributed by atoms with Crippen LogP contribution in [0.4, 0.5) is 5.69 Å². The first-order chi connectivity index (χ1) is 12.7. The van der Waals surface area contributed by atoms with Gasteiger partial charge in [0.05, 0.1) is 11.0 Å². The van der Waals surface area contributed by atoms with Gasteiger partial charge in [0.1, 0.15) is 6.33 Å². The van der Waals surface area contributed by atoms with Crippen LogP contribution in [0.1, 0.15) is 15.9 Å². The fraction of sp³-hybridized carbons (Fsp3) is 0.100. The summed E-state index contributed by atoms with van der Waals surface area (Å²) in [6.45, 7) is 0.882. The Kier molecular flexibility index (Phi) is 4.41. The van der Waals surface area contributed by atoms with Crippen LogP contribution in [-0.4, -0.2) is 22.0 Å². The molecule has 0 saturated carbocycles. The summed E-state index contributed by atoms with van der Waals surface area (Å²) in [6.07, 6.45) is 2.76. The zero-order valence-corrected chi connectivity index (χ0v) is 14.9. The summed E-state index contributed by atoms with van der Waals surface area (Å²) in [6, 6.07) is 15.7. The van der Waals surface area contributed by atoms with Crippen LogP contribution in [0.3, 0.4) is 0 Å². The van der Waals surface area contributed by atoms with Crippen molar-refractivity contribution >= 4 is 34.0 Å². The molecule has 0 fully saturated rings. The molecule has 0 aliphatic rings. The number of hydrogen-bond donors (Lipinski definition) is 2. The Hall–Kier alpha value is -3.12. The number of imidazole rings is 1. The number of thiophene rings is 1. The molecule has 4 rings (SSSR count). The zero-order chi connectivity index (χ0) is 17.9. The van der Waals surface area contributed by atoms with Crippen molar-refractivity contribution in [2.24, 2.45) is 5.73 Å². The Labute approximate surface area is 155 Å². The van der Waals surface area contributed by atoms with Gasteiger partial charge in [-0.3, -0.25) is 9.36 Å². The Balaban J connectivity index is 1.56. The number of amides is 1. The second kappa shape index (κ2) is 7.01. The Morgan fingerprint density at radius 3 is 2.92 bits per heavy atom. The third-order valence-corrected chi connectivity index (χ3v) is 5.01. The normalized spacial score (nSPS) is 10.9. The minimum atomic E-state index is -0.446. The van der Waals surface area contributed by atoms with E-state index in [2.05, 4.69) is 39.3 Å². The van der Waals surface area contributed by atoms with Crippen LogP contribution >= 0.6 is 11.3 Å². The van der Waals surface area contributed by atoms with Crippen LogP contribution in [0, 0.1) is 0 Å². The van der Waals surface area contributed by atoms with Crippen LogP contribution in [0.2, 0.25) is 0 Å². The molecule has 3 N–H and O–H groups in total. The first-order valence-corrected chi connectivity index (χ1v) is 9.27. The molecule has 0 aliphatic heterocycles. The molecule has 0 unspecified atom stereocenters. The molecule has 5 nitrogen and oxygen atoms in total. The van der Waals surface area contributed by atoms with Gasteiger partial charge < -0.3 is 11.1 Å². The van der Waals surface area contributed by atoms with Gasteiger partial charge in [0.2, 0.25) is 5.91 Å². The number of anilines is 1. The fourth-order valence-electron chi connectivity index (χ4n) is 2.92. The predicted molar refractivity (Wildman–Crippen MR) is 106 cm³/mol. The Morgan fingerprint density at radius 2 is 2.12 bits per heavy atom. The molecular weight excluding hydrogens is 344 g/mol. The molecule has 6 heteroatoms. The number of carbonyl (C=O) groups is 1. The van der Waals surface area contributed by atoms with E-state index < -0.39 is 5.91 Å². The topological polar surface area (TPSA) is 72.9 Å². The van der Waals surface area contributed by atoms with Gasteiger partial charge in [0.15, 0.2) is 0 Å². The van der Waals surface area contributed by atoms with Crippen molar-refractivity contribution in [3.63, 3.8) is 0 Å². The summed E-state index contributed by atoms with van der Waals surface area (Å²) < 4.78 is 2.00. The SMILES string of the molecule is NC(=O)c1ccc2c(c1)ncn2-c1cccc(NCCc2ccsc2)c1. The van der Waals surface area contributed by atoms with Crippen molar-refractivity contribution < 1.29 is 4.79 Å². The lowest BCUT2D eigenvalue weighted by molar-refractivity contribution is 0.100. The van der Waals surface area contributed by atoms with Crippen LogP contribution < -0.4 is 11.1 Å². The van der Waals surface area contributed by atoms with E-state index in [1.807, 2.05) is 22.8 Å². The van der Waals surface area contributed by atoms with E-state index in [0.29, 0.717) is 5.56 Å². The van der Waals surface area contributed by atoms with Gasteiger partial charge >= 0.3 is 0 Å². The highest BCUT2D eigenvalue weighted by atomic mass is 32.1. The summed E-state index contributed by atoms with van der Waals surface area (Å²) in [5.41, 5.74) is 10.9. The Bertz CT molecular complexity index is 1050. The molecular formula is C20H18N4OS. The molecule has 0 bridgehead atoms. The summed E-state index contributed by atoms with van der Waals surface area (Å²) in [4.78, 5) is 15.7. The lowest BCUT2D eigenvalue weighted by Gasteiger charge is -2.09. The molecule has 2 aromatic heterocycles. The highest BCUT2D eigenvalue weighted by molar-refractivity contribution is 7.07. The van der Waals surface area contributed by atoms with Crippen molar-refractivity contribution in [3.8, 4) is 5.69 Å². The molecule has 26 heavy (non-hydrogen) atoms. The van der Waals surface area contributed by atoms with Gasteiger partial charge in [0, 0.05) is 23.5 Å². The molecule has 130 valence electrons. The summed E-state index contributed by atoms with van der Waals surface area (Å²) >= 11 is 1.72. The van der Waals surface area contributed by atoms with Crippen LogP contribution in [-0.2, 0) is 6.42 Å². The number of nitrogens with two attached hydrogens (primary N) is 1. The first-order valence-electron chi connectivity index (χ1n) is 8.33. The van der Waals surface area contributed by atoms with Crippen LogP contribution in [0.15, 0.2) is 65.6 Å². The second-order valence-corrected chi connectivity index (χ2v) is 6.82. The monoisotopic (exact) mass is 362 g/mol. The van der Waals surface area contributed by atoms with Crippen molar-refractivity contribution in [2.75, 3.05) is 11.9 Å². The maximum Gasteiger partial charge on any atom is 0.248 e. The van der Waals surface area contributed by atoms with Gasteiger partial charge in [0.25, 0.3) is 0 Å². The average molecular weight is 362 g/mol. The molecule has 0 saturated heterocycles. The van der Waals surface area contributed by atoms with Gasteiger partial charge in [-0.15, -0.1) is 0 Å². The summed E-state index contributed by atoms with van der Waals surface area (Å²) in [7, 11) is 0. The van der Waals surface area contributed by atoms with Crippen LogP contribution in [0.25, 0.3) is 16.7 Å². The predicted octanol–water partition coefficient (Wildman–Crippen LogP) is 3.84. The minimum absolute atomic E-state index is 0.446. The molecule has 0 spiro atoms. The number of primary amides is 1. The third kappa shape index (κ3) is 3.32. The number of nitrogens with one attached hydrogen (secondary N) is 1. The maximum atomic E-state index is 11.3. The van der Waals surface area contributed by atoms with E-state index in [9.17, 15) is 4.79 Å². The van der Waals surface area contributed by atoms with Crippen molar-refractivity contribution in [3.05, 3.63) is 76.7 Å². The number of benzene rings is 2. The third-order valence-electron chi connectivity index (χ3n) is 4.28. The lowest BCUT2D eigenvalue weighted by Crippen LogP contribution is -2.10. The molecule has 2 heterocycles. The smallest absolute Gasteiger partial charge is 0.248 e. The molecule has 0 radical (unpaired) electrons. The number of rotatable bonds is 6. The number of aromatic nitrogens is 2. The largest absolute Gasteiger partial charge is 0.385 e. The average Bonchev–Trinajstić information content (AvgIpc) is 3.31. The van der Waals surface area contributed by atoms with Crippen LogP contribution in [0.5, 0.6) is 0 Å². The van der Waals surface area contributed by atoms with E-state index in [-0.39, 0.29) is 0 Å². The summed E-state index contributed by atoms with van der Waals surface area (Å²) in [5, 5.41) is 7.74. The van der Waals surface area contributed by atoms with E-state index in [4.69, 9.17) is 5.73 Å². The summed E-state index contributed by atoms with van der Waals surface area (Å²) in [5.74, 6) is -0.446. The van der Waals surface area contributed by atoms with E-state index in [1.165, 1.54) is 5.56 Å². The quantitative estimate of drug-likeness (QED) is 0.547. The number of fused-ring (bicyclic) bond motifs is 1. The number of nitrogens with zero attached hydrogens (tertiary/aromatic N) is 2. The zero-order valence-electron chi connectivity index (χ0n) is 14.1. The highest BCUT2D eigenvalue weighted by Crippen LogP contribution is 2.21. The fourth-order valence-corrected chi connectivity index (χ4v) is 3.63. The molecule has 0 atom stereocenters. The lowest BCUT2D eigenvalue weighted by atomic mass is 10.2. The Morgan fingerprint density at radius 1 is 1.19 bits per heavy atom. The number of hydrogen-bond acceptors (Lipinski definition) is 4. The van der Waals surface area contributed by atoms with Crippen molar-refractivity contribution in [1.29, 1.82) is 0 Å². The standard InChI is InChI=1S/C20H18N4OS/c21-20(25)15-4-5-19-18(10-15)23-13-24(19)17-3-1-2-16(11-17)22-8-6-14-7-9-26-12-14/h1-5,7,9-13,22H,6,8H2,(H2,21,25). The first kappa shape index (κ1) is 16.4. The van der Waals surface area contributed by atoms with Gasteiger partial charge in [-0.1, -0.05) is 6.07 Å². The highest BCUT2D eigenvalue weighted by Gasteiger charge is 2.08. The number of carbonyl (C=O) groups excluding carboxylic acids is 1. The van der Waals surface area contributed by atoms with Gasteiger partial charge in [-0.2, -0.15) is 11.3 Å². The van der Waals surface area contributed by atoms with E-state index >= 15 is 0 Å². The maximum absolute atomic E-state index is 11.3.